The molecule has 0 saturated heterocycles. The second-order valence-corrected chi connectivity index (χ2v) is 8.52. The van der Waals surface area contributed by atoms with Crippen molar-refractivity contribution in [1.29, 1.82) is 0 Å². The first-order valence-electron chi connectivity index (χ1n) is 6.01. The number of methoxy groups -OCH3 is 1. The molecule has 0 unspecified atom stereocenters. The van der Waals surface area contributed by atoms with Crippen LogP contribution in [0.5, 0.6) is 0 Å². The number of benzene rings is 2. The Bertz CT molecular complexity index is 727. The molecular weight excluding hydrogens is 312 g/mol. The summed E-state index contributed by atoms with van der Waals surface area (Å²) in [5.41, 5.74) is 0. The molecule has 2 aromatic rings. The summed E-state index contributed by atoms with van der Waals surface area (Å²) < 4.78 is 52.8. The van der Waals surface area contributed by atoms with Crippen molar-refractivity contribution < 1.29 is 21.6 Å². The summed E-state index contributed by atoms with van der Waals surface area (Å²) in [5, 5.41) is 0. The Morgan fingerprint density at radius 3 is 1.33 bits per heavy atom. The van der Waals surface area contributed by atoms with E-state index in [-0.39, 0.29) is 9.79 Å². The Balaban J connectivity index is 2.55. The van der Waals surface area contributed by atoms with E-state index in [1.165, 1.54) is 48.5 Å². The highest BCUT2D eigenvalue weighted by Crippen LogP contribution is 2.25. The van der Waals surface area contributed by atoms with Gasteiger partial charge in [-0.1, -0.05) is 36.4 Å². The SMILES string of the molecule is COC(S(=O)(=O)c1ccccc1)S(=O)(=O)c1ccccc1. The molecule has 0 heterocycles. The van der Waals surface area contributed by atoms with E-state index in [4.69, 9.17) is 4.74 Å². The monoisotopic (exact) mass is 326 g/mol. The van der Waals surface area contributed by atoms with Crippen molar-refractivity contribution in [1.82, 2.24) is 0 Å². The van der Waals surface area contributed by atoms with Gasteiger partial charge in [-0.15, -0.1) is 0 Å². The molecule has 0 bridgehead atoms. The molecule has 0 fully saturated rings. The smallest absolute Gasteiger partial charge is 0.269 e. The maximum atomic E-state index is 12.5. The molecule has 2 aromatic carbocycles. The Kier molecular flexibility index (Phi) is 4.46. The molecule has 0 N–H and O–H groups in total. The predicted molar refractivity (Wildman–Crippen MR) is 78.1 cm³/mol. The molecule has 2 rings (SSSR count). The number of hydrogen-bond acceptors (Lipinski definition) is 5. The molecule has 0 aliphatic heterocycles. The van der Waals surface area contributed by atoms with Gasteiger partial charge in [-0.3, -0.25) is 0 Å². The van der Waals surface area contributed by atoms with E-state index < -0.39 is 24.4 Å². The lowest BCUT2D eigenvalue weighted by Gasteiger charge is -2.16. The van der Waals surface area contributed by atoms with Crippen LogP contribution in [-0.2, 0) is 24.4 Å². The van der Waals surface area contributed by atoms with E-state index in [0.717, 1.165) is 7.11 Å². The molecule has 0 amide bonds. The average molecular weight is 326 g/mol. The van der Waals surface area contributed by atoms with Gasteiger partial charge in [0.15, 0.2) is 0 Å². The van der Waals surface area contributed by atoms with Crippen LogP contribution in [0.4, 0.5) is 0 Å². The maximum Gasteiger partial charge on any atom is 0.269 e. The standard InChI is InChI=1S/C14H14O5S2/c1-19-14(20(15,16)12-8-4-2-5-9-12)21(17,18)13-10-6-3-7-11-13/h2-11,14H,1H3. The highest BCUT2D eigenvalue weighted by Gasteiger charge is 2.40. The zero-order valence-corrected chi connectivity index (χ0v) is 12.8. The molecule has 0 atom stereocenters. The average Bonchev–Trinajstić information content (AvgIpc) is 2.49. The number of hydrogen-bond donors (Lipinski definition) is 0. The topological polar surface area (TPSA) is 77.5 Å². The second-order valence-electron chi connectivity index (χ2n) is 4.24. The predicted octanol–water partition coefficient (Wildman–Crippen LogP) is 1.86. The minimum Gasteiger partial charge on any atom is -0.352 e. The fourth-order valence-electron chi connectivity index (χ4n) is 1.86. The van der Waals surface area contributed by atoms with E-state index >= 15 is 0 Å². The zero-order chi connectivity index (χ0) is 15.5. The first kappa shape index (κ1) is 15.7. The van der Waals surface area contributed by atoms with Crippen molar-refractivity contribution in [3.05, 3.63) is 60.7 Å². The van der Waals surface area contributed by atoms with Gasteiger partial charge in [0.25, 0.3) is 4.77 Å². The van der Waals surface area contributed by atoms with Crippen LogP contribution in [0.25, 0.3) is 0 Å². The van der Waals surface area contributed by atoms with E-state index in [2.05, 4.69) is 0 Å². The molecule has 0 spiro atoms. The molecule has 112 valence electrons. The van der Waals surface area contributed by atoms with Crippen LogP contribution in [0.3, 0.4) is 0 Å². The maximum absolute atomic E-state index is 12.5. The first-order valence-corrected chi connectivity index (χ1v) is 9.10. The molecule has 0 aliphatic carbocycles. The van der Waals surface area contributed by atoms with Gasteiger partial charge in [0.05, 0.1) is 9.79 Å². The lowest BCUT2D eigenvalue weighted by Crippen LogP contribution is -2.32. The van der Waals surface area contributed by atoms with E-state index in [1.807, 2.05) is 0 Å². The van der Waals surface area contributed by atoms with Crippen LogP contribution in [0.1, 0.15) is 0 Å². The minimum atomic E-state index is -4.17. The first-order chi connectivity index (χ1) is 9.90. The summed E-state index contributed by atoms with van der Waals surface area (Å²) in [6.07, 6.45) is 0. The van der Waals surface area contributed by atoms with Crippen LogP contribution >= 0.6 is 0 Å². The third kappa shape index (κ3) is 2.99. The van der Waals surface area contributed by atoms with Crippen molar-refractivity contribution in [2.45, 2.75) is 14.6 Å². The van der Waals surface area contributed by atoms with Crippen LogP contribution in [-0.4, -0.2) is 28.7 Å². The van der Waals surface area contributed by atoms with Crippen molar-refractivity contribution in [3.63, 3.8) is 0 Å². The van der Waals surface area contributed by atoms with Gasteiger partial charge in [0.2, 0.25) is 19.7 Å². The summed E-state index contributed by atoms with van der Waals surface area (Å²) >= 11 is 0. The summed E-state index contributed by atoms with van der Waals surface area (Å²) in [6.45, 7) is 0. The Morgan fingerprint density at radius 1 is 0.714 bits per heavy atom. The van der Waals surface area contributed by atoms with Crippen molar-refractivity contribution in [2.75, 3.05) is 7.11 Å². The lowest BCUT2D eigenvalue weighted by atomic mass is 10.4. The summed E-state index contributed by atoms with van der Waals surface area (Å²) in [5.74, 6) is 0. The van der Waals surface area contributed by atoms with E-state index in [1.54, 1.807) is 12.1 Å². The molecular formula is C14H14O5S2. The largest absolute Gasteiger partial charge is 0.352 e. The zero-order valence-electron chi connectivity index (χ0n) is 11.2. The fraction of sp³-hybridized carbons (Fsp3) is 0.143. The molecule has 0 saturated carbocycles. The van der Waals surface area contributed by atoms with Gasteiger partial charge in [-0.2, -0.15) is 0 Å². The lowest BCUT2D eigenvalue weighted by molar-refractivity contribution is 0.216. The Morgan fingerprint density at radius 2 is 1.05 bits per heavy atom. The number of ether oxygens (including phenoxy) is 1. The summed E-state index contributed by atoms with van der Waals surface area (Å²) in [4.78, 5) is -0.201. The van der Waals surface area contributed by atoms with Gasteiger partial charge in [-0.05, 0) is 24.3 Å². The molecule has 5 nitrogen and oxygen atoms in total. The van der Waals surface area contributed by atoms with E-state index in [9.17, 15) is 16.8 Å². The number of rotatable bonds is 5. The van der Waals surface area contributed by atoms with Gasteiger partial charge in [0.1, 0.15) is 0 Å². The van der Waals surface area contributed by atoms with Gasteiger partial charge in [0, 0.05) is 7.11 Å². The van der Waals surface area contributed by atoms with Crippen LogP contribution < -0.4 is 0 Å². The van der Waals surface area contributed by atoms with Crippen LogP contribution in [0, 0.1) is 0 Å². The Hall–Kier alpha value is -1.70. The van der Waals surface area contributed by atoms with Crippen molar-refractivity contribution in [3.8, 4) is 0 Å². The van der Waals surface area contributed by atoms with Gasteiger partial charge in [-0.25, -0.2) is 16.8 Å². The highest BCUT2D eigenvalue weighted by atomic mass is 32.3. The molecule has 0 radical (unpaired) electrons. The van der Waals surface area contributed by atoms with E-state index in [0.29, 0.717) is 0 Å². The molecule has 21 heavy (non-hydrogen) atoms. The van der Waals surface area contributed by atoms with Crippen molar-refractivity contribution in [2.24, 2.45) is 0 Å². The fourth-order valence-corrected chi connectivity index (χ4v) is 5.89. The summed E-state index contributed by atoms with van der Waals surface area (Å²) in [6, 6.07) is 14.7. The van der Waals surface area contributed by atoms with Crippen molar-refractivity contribution >= 4 is 19.7 Å². The summed E-state index contributed by atoms with van der Waals surface area (Å²) in [7, 11) is -7.27. The van der Waals surface area contributed by atoms with Crippen LogP contribution in [0.2, 0.25) is 0 Å². The normalized spacial score (nSPS) is 12.5. The quantitative estimate of drug-likeness (QED) is 0.838. The molecule has 0 aliphatic rings. The Labute approximate surface area is 124 Å². The third-order valence-corrected chi connectivity index (χ3v) is 7.62. The minimum absolute atomic E-state index is 0.101. The molecule has 7 heteroatoms. The van der Waals surface area contributed by atoms with Gasteiger partial charge >= 0.3 is 0 Å². The van der Waals surface area contributed by atoms with Gasteiger partial charge < -0.3 is 4.74 Å². The number of sulfone groups is 2. The highest BCUT2D eigenvalue weighted by molar-refractivity contribution is 8.08. The second kappa shape index (κ2) is 5.97. The molecule has 0 aromatic heterocycles. The van der Waals surface area contributed by atoms with Crippen LogP contribution in [0.15, 0.2) is 70.5 Å². The third-order valence-electron chi connectivity index (χ3n) is 2.84.